The van der Waals surface area contributed by atoms with Crippen LogP contribution in [-0.2, 0) is 6.54 Å². The predicted octanol–water partition coefficient (Wildman–Crippen LogP) is 2.98. The van der Waals surface area contributed by atoms with Gasteiger partial charge in [0.15, 0.2) is 0 Å². The lowest BCUT2D eigenvalue weighted by Gasteiger charge is -2.05. The van der Waals surface area contributed by atoms with Gasteiger partial charge in [0.05, 0.1) is 5.69 Å². The summed E-state index contributed by atoms with van der Waals surface area (Å²) < 4.78 is 6.75. The van der Waals surface area contributed by atoms with Crippen LogP contribution in [0, 0.1) is 3.57 Å². The number of benzene rings is 1. The van der Waals surface area contributed by atoms with Crippen molar-refractivity contribution in [1.82, 2.24) is 15.5 Å². The minimum Gasteiger partial charge on any atom is -0.437 e. The topological polar surface area (TPSA) is 47.0 Å². The van der Waals surface area contributed by atoms with E-state index in [0.29, 0.717) is 5.88 Å². The van der Waals surface area contributed by atoms with Gasteiger partial charge in [-0.15, -0.1) is 5.10 Å². The minimum atomic E-state index is 0.511. The Morgan fingerprint density at radius 2 is 2.11 bits per heavy atom. The number of halogens is 1. The Hall–Kier alpha value is -1.21. The second kappa shape index (κ2) is 6.65. The van der Waals surface area contributed by atoms with E-state index in [1.165, 1.54) is 0 Å². The number of hydrogen-bond donors (Lipinski definition) is 1. The fourth-order valence-corrected chi connectivity index (χ4v) is 1.92. The van der Waals surface area contributed by atoms with Gasteiger partial charge in [0.1, 0.15) is 5.75 Å². The molecule has 2 aromatic rings. The number of ether oxygens (including phenoxy) is 1. The molecule has 18 heavy (non-hydrogen) atoms. The molecule has 94 valence electrons. The van der Waals surface area contributed by atoms with Crippen LogP contribution in [0.2, 0.25) is 0 Å². The normalized spacial score (nSPS) is 10.3. The third kappa shape index (κ3) is 3.92. The predicted molar refractivity (Wildman–Crippen MR) is 78.6 cm³/mol. The van der Waals surface area contributed by atoms with Crippen LogP contribution in [0.25, 0.3) is 0 Å². The highest BCUT2D eigenvalue weighted by Gasteiger charge is 2.01. The maximum absolute atomic E-state index is 5.62. The average Bonchev–Trinajstić information content (AvgIpc) is 2.38. The van der Waals surface area contributed by atoms with Gasteiger partial charge < -0.3 is 10.1 Å². The van der Waals surface area contributed by atoms with Crippen molar-refractivity contribution in [2.45, 2.75) is 13.5 Å². The molecule has 0 saturated carbocycles. The maximum atomic E-state index is 5.62. The zero-order valence-corrected chi connectivity index (χ0v) is 12.2. The quantitative estimate of drug-likeness (QED) is 0.838. The van der Waals surface area contributed by atoms with Gasteiger partial charge in [-0.2, -0.15) is 5.10 Å². The molecule has 1 N–H and O–H groups in total. The molecule has 0 radical (unpaired) electrons. The molecule has 1 aromatic carbocycles. The Labute approximate surface area is 120 Å². The molecular weight excluding hydrogens is 341 g/mol. The second-order valence-electron chi connectivity index (χ2n) is 3.70. The molecule has 0 unspecified atom stereocenters. The fraction of sp³-hybridized carbons (Fsp3) is 0.231. The number of nitrogens with zero attached hydrogens (tertiary/aromatic N) is 2. The maximum Gasteiger partial charge on any atom is 0.238 e. The highest BCUT2D eigenvalue weighted by Crippen LogP contribution is 2.20. The summed E-state index contributed by atoms with van der Waals surface area (Å²) in [5.74, 6) is 1.29. The van der Waals surface area contributed by atoms with Gasteiger partial charge in [0.25, 0.3) is 0 Å². The summed E-state index contributed by atoms with van der Waals surface area (Å²) in [6, 6.07) is 11.6. The van der Waals surface area contributed by atoms with Crippen LogP contribution < -0.4 is 10.1 Å². The molecule has 0 fully saturated rings. The van der Waals surface area contributed by atoms with Crippen molar-refractivity contribution >= 4 is 22.6 Å². The van der Waals surface area contributed by atoms with Gasteiger partial charge >= 0.3 is 0 Å². The van der Waals surface area contributed by atoms with E-state index in [9.17, 15) is 0 Å². The van der Waals surface area contributed by atoms with E-state index in [-0.39, 0.29) is 0 Å². The smallest absolute Gasteiger partial charge is 0.238 e. The fourth-order valence-electron chi connectivity index (χ4n) is 1.40. The number of hydrogen-bond acceptors (Lipinski definition) is 4. The van der Waals surface area contributed by atoms with Gasteiger partial charge in [0, 0.05) is 16.2 Å². The van der Waals surface area contributed by atoms with E-state index in [2.05, 4.69) is 45.0 Å². The van der Waals surface area contributed by atoms with Crippen molar-refractivity contribution in [3.63, 3.8) is 0 Å². The average molecular weight is 355 g/mol. The van der Waals surface area contributed by atoms with Gasteiger partial charge in [-0.25, -0.2) is 0 Å². The molecule has 0 atom stereocenters. The first-order chi connectivity index (χ1) is 8.78. The lowest BCUT2D eigenvalue weighted by Crippen LogP contribution is -2.13. The van der Waals surface area contributed by atoms with Crippen molar-refractivity contribution in [2.75, 3.05) is 6.54 Å². The molecule has 2 rings (SSSR count). The standard InChI is InChI=1S/C13H14IN3O/c1-2-15-9-11-6-7-13(17-16-11)18-12-5-3-4-10(14)8-12/h3-8,15H,2,9H2,1H3. The molecule has 1 aromatic heterocycles. The van der Waals surface area contributed by atoms with E-state index in [1.807, 2.05) is 36.4 Å². The Kier molecular flexibility index (Phi) is 4.89. The summed E-state index contributed by atoms with van der Waals surface area (Å²) in [6.45, 7) is 3.71. The molecule has 1 heterocycles. The Bertz CT molecular complexity index is 502. The zero-order chi connectivity index (χ0) is 12.8. The van der Waals surface area contributed by atoms with Gasteiger partial charge in [-0.3, -0.25) is 0 Å². The third-order valence-corrected chi connectivity index (χ3v) is 2.94. The van der Waals surface area contributed by atoms with Crippen LogP contribution in [0.15, 0.2) is 36.4 Å². The molecule has 0 aliphatic heterocycles. The lowest BCUT2D eigenvalue weighted by molar-refractivity contribution is 0.453. The molecule has 0 spiro atoms. The van der Waals surface area contributed by atoms with Crippen LogP contribution in [0.5, 0.6) is 11.6 Å². The van der Waals surface area contributed by atoms with Gasteiger partial charge in [0.2, 0.25) is 5.88 Å². The zero-order valence-electron chi connectivity index (χ0n) is 10.1. The first kappa shape index (κ1) is 13.2. The Balaban J connectivity index is 2.02. The highest BCUT2D eigenvalue weighted by atomic mass is 127. The summed E-state index contributed by atoms with van der Waals surface area (Å²) in [5.41, 5.74) is 0.909. The summed E-state index contributed by atoms with van der Waals surface area (Å²) in [4.78, 5) is 0. The SMILES string of the molecule is CCNCc1ccc(Oc2cccc(I)c2)nn1. The second-order valence-corrected chi connectivity index (χ2v) is 4.95. The van der Waals surface area contributed by atoms with Crippen molar-refractivity contribution in [3.05, 3.63) is 45.7 Å². The molecule has 0 aliphatic rings. The van der Waals surface area contributed by atoms with E-state index < -0.39 is 0 Å². The van der Waals surface area contributed by atoms with Crippen LogP contribution in [-0.4, -0.2) is 16.7 Å². The third-order valence-electron chi connectivity index (χ3n) is 2.27. The highest BCUT2D eigenvalue weighted by molar-refractivity contribution is 14.1. The van der Waals surface area contributed by atoms with Gasteiger partial charge in [-0.1, -0.05) is 13.0 Å². The van der Waals surface area contributed by atoms with Crippen molar-refractivity contribution < 1.29 is 4.74 Å². The summed E-state index contributed by atoms with van der Waals surface area (Å²) in [5, 5.41) is 11.3. The first-order valence-electron chi connectivity index (χ1n) is 5.74. The minimum absolute atomic E-state index is 0.511. The number of aromatic nitrogens is 2. The van der Waals surface area contributed by atoms with Crippen molar-refractivity contribution in [1.29, 1.82) is 0 Å². The monoisotopic (exact) mass is 355 g/mol. The van der Waals surface area contributed by atoms with E-state index in [0.717, 1.165) is 28.1 Å². The number of rotatable bonds is 5. The Morgan fingerprint density at radius 1 is 1.22 bits per heavy atom. The van der Waals surface area contributed by atoms with Crippen LogP contribution in [0.3, 0.4) is 0 Å². The summed E-state index contributed by atoms with van der Waals surface area (Å²) in [7, 11) is 0. The van der Waals surface area contributed by atoms with Gasteiger partial charge in [-0.05, 0) is 53.4 Å². The molecule has 0 bridgehead atoms. The molecule has 4 nitrogen and oxygen atoms in total. The summed E-state index contributed by atoms with van der Waals surface area (Å²) in [6.07, 6.45) is 0. The van der Waals surface area contributed by atoms with Crippen LogP contribution in [0.1, 0.15) is 12.6 Å². The molecule has 0 amide bonds. The van der Waals surface area contributed by atoms with Crippen molar-refractivity contribution in [2.24, 2.45) is 0 Å². The molecular formula is C13H14IN3O. The van der Waals surface area contributed by atoms with E-state index >= 15 is 0 Å². The van der Waals surface area contributed by atoms with E-state index in [1.54, 1.807) is 0 Å². The Morgan fingerprint density at radius 3 is 2.78 bits per heavy atom. The molecule has 0 saturated heterocycles. The lowest BCUT2D eigenvalue weighted by atomic mass is 10.3. The van der Waals surface area contributed by atoms with Crippen molar-refractivity contribution in [3.8, 4) is 11.6 Å². The molecule has 0 aliphatic carbocycles. The van der Waals surface area contributed by atoms with E-state index in [4.69, 9.17) is 4.74 Å². The first-order valence-corrected chi connectivity index (χ1v) is 6.82. The van der Waals surface area contributed by atoms with Crippen LogP contribution in [0.4, 0.5) is 0 Å². The molecule has 5 heteroatoms. The largest absolute Gasteiger partial charge is 0.437 e. The van der Waals surface area contributed by atoms with Crippen LogP contribution >= 0.6 is 22.6 Å². The summed E-state index contributed by atoms with van der Waals surface area (Å²) >= 11 is 2.24. The number of nitrogens with one attached hydrogen (secondary N) is 1.